The number of hydrogen-bond donors (Lipinski definition) is 0. The number of thioether (sulfide) groups is 1. The van der Waals surface area contributed by atoms with Crippen LogP contribution in [-0.2, 0) is 29.5 Å². The molecule has 2 atom stereocenters. The monoisotopic (exact) mass is 295 g/mol. The van der Waals surface area contributed by atoms with E-state index in [0.717, 1.165) is 30.7 Å². The number of methoxy groups -OCH3 is 1. The number of aryl methyl sites for hydroxylation is 1. The van der Waals surface area contributed by atoms with Crippen LogP contribution in [0.5, 0.6) is 0 Å². The molecule has 0 aromatic carbocycles. The average molecular weight is 295 g/mol. The first-order valence-corrected chi connectivity index (χ1v) is 8.15. The van der Waals surface area contributed by atoms with Gasteiger partial charge >= 0.3 is 0 Å². The predicted molar refractivity (Wildman–Crippen MR) is 78.6 cm³/mol. The maximum absolute atomic E-state index is 12.7. The van der Waals surface area contributed by atoms with Crippen LogP contribution in [0.1, 0.15) is 24.2 Å². The van der Waals surface area contributed by atoms with Crippen LogP contribution in [-0.4, -0.2) is 51.1 Å². The van der Waals surface area contributed by atoms with E-state index in [1.165, 1.54) is 5.69 Å². The van der Waals surface area contributed by atoms with Crippen molar-refractivity contribution in [3.05, 3.63) is 17.7 Å². The predicted octanol–water partition coefficient (Wildman–Crippen LogP) is 1.22. The summed E-state index contributed by atoms with van der Waals surface area (Å²) in [6, 6.07) is 0.136. The Bertz CT molecular complexity index is 497. The Morgan fingerprint density at radius 2 is 2.45 bits per heavy atom. The molecule has 0 spiro atoms. The second-order valence-electron chi connectivity index (χ2n) is 5.53. The molecule has 6 heteroatoms. The summed E-state index contributed by atoms with van der Waals surface area (Å²) in [6.07, 6.45) is 4.84. The van der Waals surface area contributed by atoms with Crippen molar-refractivity contribution in [2.75, 3.05) is 19.5 Å². The smallest absolute Gasteiger partial charge is 0.236 e. The summed E-state index contributed by atoms with van der Waals surface area (Å²) in [7, 11) is 3.71. The number of hydrogen-bond acceptors (Lipinski definition) is 4. The molecule has 20 heavy (non-hydrogen) atoms. The van der Waals surface area contributed by atoms with Gasteiger partial charge in [-0.15, -0.1) is 11.8 Å². The van der Waals surface area contributed by atoms with Gasteiger partial charge in [-0.1, -0.05) is 0 Å². The second-order valence-corrected chi connectivity index (χ2v) is 6.84. The van der Waals surface area contributed by atoms with Crippen LogP contribution in [0.15, 0.2) is 6.33 Å². The maximum atomic E-state index is 12.7. The fraction of sp³-hybridized carbons (Fsp3) is 0.714. The lowest BCUT2D eigenvalue weighted by Gasteiger charge is -2.36. The molecular weight excluding hydrogens is 274 g/mol. The second kappa shape index (κ2) is 5.77. The van der Waals surface area contributed by atoms with Crippen molar-refractivity contribution < 1.29 is 9.53 Å². The molecule has 2 aliphatic heterocycles. The lowest BCUT2D eigenvalue weighted by atomic mass is 10.0. The van der Waals surface area contributed by atoms with Crippen LogP contribution >= 0.6 is 11.8 Å². The first-order valence-electron chi connectivity index (χ1n) is 7.10. The average Bonchev–Trinajstić information content (AvgIpc) is 3.09. The number of amides is 1. The highest BCUT2D eigenvalue weighted by Gasteiger charge is 2.36. The molecule has 1 amide bonds. The molecule has 0 N–H and O–H groups in total. The van der Waals surface area contributed by atoms with Crippen molar-refractivity contribution >= 4 is 17.7 Å². The number of fused-ring (bicyclic) bond motifs is 1. The molecule has 1 aromatic rings. The quantitative estimate of drug-likeness (QED) is 0.841. The zero-order valence-electron chi connectivity index (χ0n) is 12.0. The molecular formula is C14H21N3O2S. The molecule has 110 valence electrons. The van der Waals surface area contributed by atoms with E-state index in [1.54, 1.807) is 18.9 Å². The van der Waals surface area contributed by atoms with Gasteiger partial charge in [0.05, 0.1) is 36.5 Å². The Kier molecular flexibility index (Phi) is 4.03. The Balaban J connectivity index is 1.82. The molecule has 0 unspecified atom stereocenters. The lowest BCUT2D eigenvalue weighted by molar-refractivity contribution is -0.135. The van der Waals surface area contributed by atoms with E-state index in [0.29, 0.717) is 13.2 Å². The van der Waals surface area contributed by atoms with Gasteiger partial charge in [0, 0.05) is 26.3 Å². The van der Waals surface area contributed by atoms with Crippen LogP contribution in [0.25, 0.3) is 0 Å². The van der Waals surface area contributed by atoms with Gasteiger partial charge in [0.15, 0.2) is 0 Å². The maximum Gasteiger partial charge on any atom is 0.236 e. The van der Waals surface area contributed by atoms with Gasteiger partial charge in [0.25, 0.3) is 0 Å². The molecule has 1 fully saturated rings. The number of imidazole rings is 1. The standard InChI is InChI=1S/C14H21N3O2S/c1-16-9-15-11-7-17(10(8-19-2)6-12(11)16)14(18)13-4-3-5-20-13/h9-10,13H,3-8H2,1-2H3/t10-,13-/m0/s1. The summed E-state index contributed by atoms with van der Waals surface area (Å²) < 4.78 is 7.39. The number of carbonyl (C=O) groups is 1. The van der Waals surface area contributed by atoms with E-state index in [-0.39, 0.29) is 17.2 Å². The van der Waals surface area contributed by atoms with E-state index in [4.69, 9.17) is 4.74 Å². The number of ether oxygens (including phenoxy) is 1. The Labute approximate surface area is 123 Å². The Morgan fingerprint density at radius 1 is 1.60 bits per heavy atom. The normalized spacial score (nSPS) is 25.8. The largest absolute Gasteiger partial charge is 0.383 e. The number of carbonyl (C=O) groups excluding carboxylic acids is 1. The van der Waals surface area contributed by atoms with Crippen molar-refractivity contribution in [1.29, 1.82) is 0 Å². The first-order chi connectivity index (χ1) is 9.70. The third-order valence-electron chi connectivity index (χ3n) is 4.18. The molecule has 1 aromatic heterocycles. The molecule has 0 aliphatic carbocycles. The molecule has 3 heterocycles. The minimum Gasteiger partial charge on any atom is -0.383 e. The molecule has 0 radical (unpaired) electrons. The molecule has 2 aliphatic rings. The molecule has 5 nitrogen and oxygen atoms in total. The fourth-order valence-electron chi connectivity index (χ4n) is 3.08. The van der Waals surface area contributed by atoms with Crippen LogP contribution in [0.4, 0.5) is 0 Å². The first kappa shape index (κ1) is 13.9. The fourth-order valence-corrected chi connectivity index (χ4v) is 4.31. The van der Waals surface area contributed by atoms with Crippen molar-refractivity contribution in [1.82, 2.24) is 14.5 Å². The topological polar surface area (TPSA) is 47.4 Å². The van der Waals surface area contributed by atoms with Crippen molar-refractivity contribution in [2.45, 2.75) is 37.1 Å². The van der Waals surface area contributed by atoms with Crippen molar-refractivity contribution in [2.24, 2.45) is 7.05 Å². The van der Waals surface area contributed by atoms with Gasteiger partial charge in [0.1, 0.15) is 0 Å². The van der Waals surface area contributed by atoms with Gasteiger partial charge in [-0.3, -0.25) is 4.79 Å². The summed E-state index contributed by atoms with van der Waals surface area (Å²) in [4.78, 5) is 19.1. The lowest BCUT2D eigenvalue weighted by Crippen LogP contribution is -2.49. The molecule has 1 saturated heterocycles. The highest BCUT2D eigenvalue weighted by molar-refractivity contribution is 8.00. The Hall–Kier alpha value is -1.01. The molecule has 0 bridgehead atoms. The highest BCUT2D eigenvalue weighted by atomic mass is 32.2. The Morgan fingerprint density at radius 3 is 3.15 bits per heavy atom. The van der Waals surface area contributed by atoms with Crippen molar-refractivity contribution in [3.63, 3.8) is 0 Å². The van der Waals surface area contributed by atoms with Gasteiger partial charge in [-0.2, -0.15) is 0 Å². The third kappa shape index (κ3) is 2.46. The van der Waals surface area contributed by atoms with E-state index in [1.807, 2.05) is 18.3 Å². The number of rotatable bonds is 3. The van der Waals surface area contributed by atoms with E-state index < -0.39 is 0 Å². The summed E-state index contributed by atoms with van der Waals surface area (Å²) in [5.74, 6) is 1.37. The zero-order valence-corrected chi connectivity index (χ0v) is 12.9. The van der Waals surface area contributed by atoms with Crippen LogP contribution in [0.2, 0.25) is 0 Å². The minimum atomic E-state index is 0.136. The van der Waals surface area contributed by atoms with E-state index in [9.17, 15) is 4.79 Å². The summed E-state index contributed by atoms with van der Waals surface area (Å²) >= 11 is 1.79. The molecule has 3 rings (SSSR count). The van der Waals surface area contributed by atoms with Crippen molar-refractivity contribution in [3.8, 4) is 0 Å². The highest BCUT2D eigenvalue weighted by Crippen LogP contribution is 2.31. The van der Waals surface area contributed by atoms with Crippen LogP contribution < -0.4 is 0 Å². The van der Waals surface area contributed by atoms with Gasteiger partial charge in [-0.25, -0.2) is 4.98 Å². The summed E-state index contributed by atoms with van der Waals surface area (Å²) in [6.45, 7) is 1.22. The third-order valence-corrected chi connectivity index (χ3v) is 5.55. The van der Waals surface area contributed by atoms with E-state index in [2.05, 4.69) is 9.55 Å². The van der Waals surface area contributed by atoms with Crippen LogP contribution in [0, 0.1) is 0 Å². The SMILES string of the molecule is COC[C@@H]1Cc2c(ncn2C)CN1C(=O)[C@@H]1CCCS1. The van der Waals surface area contributed by atoms with Gasteiger partial charge < -0.3 is 14.2 Å². The number of aromatic nitrogens is 2. The minimum absolute atomic E-state index is 0.136. The summed E-state index contributed by atoms with van der Waals surface area (Å²) in [5, 5.41) is 0.139. The van der Waals surface area contributed by atoms with Gasteiger partial charge in [-0.05, 0) is 18.6 Å². The van der Waals surface area contributed by atoms with Gasteiger partial charge in [0.2, 0.25) is 5.91 Å². The molecule has 0 saturated carbocycles. The van der Waals surface area contributed by atoms with E-state index >= 15 is 0 Å². The number of nitrogens with zero attached hydrogens (tertiary/aromatic N) is 3. The summed E-state index contributed by atoms with van der Waals surface area (Å²) in [5.41, 5.74) is 2.27. The zero-order chi connectivity index (χ0) is 14.1. The van der Waals surface area contributed by atoms with Crippen LogP contribution in [0.3, 0.4) is 0 Å².